The van der Waals surface area contributed by atoms with E-state index in [0.717, 1.165) is 34.0 Å². The number of fused-ring (bicyclic) bond motifs is 2. The Morgan fingerprint density at radius 2 is 1.03 bits per heavy atom. The summed E-state index contributed by atoms with van der Waals surface area (Å²) < 4.78 is 111. The van der Waals surface area contributed by atoms with E-state index in [1.54, 1.807) is 10.8 Å². The van der Waals surface area contributed by atoms with Crippen molar-refractivity contribution < 1.29 is 54.8 Å². The van der Waals surface area contributed by atoms with Gasteiger partial charge in [0.1, 0.15) is 26.4 Å². The molecular formula is C20H14F6O6S3. The number of rotatable bonds is 6. The van der Waals surface area contributed by atoms with Crippen molar-refractivity contribution in [1.82, 2.24) is 0 Å². The molecule has 2 aliphatic heterocycles. The highest BCUT2D eigenvalue weighted by atomic mass is 32.1. The van der Waals surface area contributed by atoms with Gasteiger partial charge in [-0.2, -0.15) is 26.3 Å². The van der Waals surface area contributed by atoms with E-state index >= 15 is 0 Å². The molecule has 0 aromatic carbocycles. The maximum Gasteiger partial charge on any atom is 0.422 e. The highest BCUT2D eigenvalue weighted by molar-refractivity contribution is 7.27. The van der Waals surface area contributed by atoms with Gasteiger partial charge in [-0.3, -0.25) is 0 Å². The predicted octanol–water partition coefficient (Wildman–Crippen LogP) is 6.63. The van der Waals surface area contributed by atoms with Crippen molar-refractivity contribution in [3.05, 3.63) is 10.8 Å². The van der Waals surface area contributed by atoms with Crippen LogP contribution in [0.2, 0.25) is 0 Å². The molecule has 0 amide bonds. The van der Waals surface area contributed by atoms with Crippen LogP contribution >= 0.6 is 34.0 Å². The molecule has 3 aromatic heterocycles. The van der Waals surface area contributed by atoms with Gasteiger partial charge in [0.2, 0.25) is 0 Å². The summed E-state index contributed by atoms with van der Waals surface area (Å²) in [6, 6.07) is 0. The summed E-state index contributed by atoms with van der Waals surface area (Å²) in [5.74, 6) is 0.391. The van der Waals surface area contributed by atoms with E-state index in [2.05, 4.69) is 0 Å². The summed E-state index contributed by atoms with van der Waals surface area (Å²) in [4.78, 5) is 0.953. The Labute approximate surface area is 205 Å². The molecule has 0 spiro atoms. The molecule has 6 nitrogen and oxygen atoms in total. The Morgan fingerprint density at radius 3 is 1.43 bits per heavy atom. The van der Waals surface area contributed by atoms with Crippen LogP contribution in [-0.2, 0) is 0 Å². The van der Waals surface area contributed by atoms with E-state index in [-0.39, 0.29) is 47.7 Å². The number of hydrogen-bond donors (Lipinski definition) is 0. The summed E-state index contributed by atoms with van der Waals surface area (Å²) in [6.07, 6.45) is -9.48. The van der Waals surface area contributed by atoms with Gasteiger partial charge in [0.05, 0.1) is 19.5 Å². The Kier molecular flexibility index (Phi) is 6.34. The Bertz CT molecular complexity index is 1120. The molecule has 15 heteroatoms. The molecule has 35 heavy (non-hydrogen) atoms. The van der Waals surface area contributed by atoms with Crippen molar-refractivity contribution in [2.75, 3.05) is 39.6 Å². The number of hydrogen-bond acceptors (Lipinski definition) is 9. The molecule has 5 rings (SSSR count). The smallest absolute Gasteiger partial charge is 0.422 e. The van der Waals surface area contributed by atoms with Crippen molar-refractivity contribution >= 4 is 34.0 Å². The largest absolute Gasteiger partial charge is 0.485 e. The van der Waals surface area contributed by atoms with Gasteiger partial charge < -0.3 is 28.4 Å². The third-order valence-corrected chi connectivity index (χ3v) is 7.96. The van der Waals surface area contributed by atoms with Gasteiger partial charge in [0.15, 0.2) is 47.7 Å². The highest BCUT2D eigenvalue weighted by Gasteiger charge is 2.37. The van der Waals surface area contributed by atoms with Crippen LogP contribution in [0, 0.1) is 0 Å². The normalized spacial score (nSPS) is 15.3. The van der Waals surface area contributed by atoms with Gasteiger partial charge in [-0.05, 0) is 0 Å². The van der Waals surface area contributed by atoms with Gasteiger partial charge in [0.25, 0.3) is 0 Å². The fourth-order valence-corrected chi connectivity index (χ4v) is 6.64. The minimum absolute atomic E-state index is 0.122. The lowest BCUT2D eigenvalue weighted by molar-refractivity contribution is -0.158. The lowest BCUT2D eigenvalue weighted by atomic mass is 10.2. The van der Waals surface area contributed by atoms with Gasteiger partial charge in [-0.1, -0.05) is 0 Å². The minimum Gasteiger partial charge on any atom is -0.485 e. The monoisotopic (exact) mass is 560 g/mol. The third-order valence-electron chi connectivity index (χ3n) is 4.60. The fraction of sp³-hybridized carbons (Fsp3) is 0.400. The second-order valence-electron chi connectivity index (χ2n) is 7.14. The maximum atomic E-state index is 13.1. The molecule has 3 aromatic rings. The molecule has 0 atom stereocenters. The average molecular weight is 561 g/mol. The minimum atomic E-state index is -4.74. The molecule has 0 saturated carbocycles. The Morgan fingerprint density at radius 1 is 0.629 bits per heavy atom. The van der Waals surface area contributed by atoms with Crippen LogP contribution < -0.4 is 28.4 Å². The predicted molar refractivity (Wildman–Crippen MR) is 116 cm³/mol. The van der Waals surface area contributed by atoms with Crippen LogP contribution in [0.25, 0.3) is 19.5 Å². The molecule has 0 fully saturated rings. The van der Waals surface area contributed by atoms with E-state index in [0.29, 0.717) is 21.3 Å². The Balaban J connectivity index is 1.68. The summed E-state index contributed by atoms with van der Waals surface area (Å²) in [5.41, 5.74) is 0. The van der Waals surface area contributed by atoms with E-state index in [9.17, 15) is 26.3 Å². The standard InChI is InChI=1S/C20H14F6O6S3/c21-19(22,23)7-31-13-14(32-8-20(24,25)26)18(16-12-10(6-34-16)28-2-4-30-12)35-17(13)15-11-9(5-33-15)27-1-3-29-11/h5-6H,1-4,7-8H2. The van der Waals surface area contributed by atoms with Gasteiger partial charge >= 0.3 is 12.4 Å². The third kappa shape index (κ3) is 5.07. The zero-order valence-corrected chi connectivity index (χ0v) is 19.8. The van der Waals surface area contributed by atoms with E-state index < -0.39 is 37.1 Å². The zero-order valence-electron chi connectivity index (χ0n) is 17.3. The number of halogens is 6. The van der Waals surface area contributed by atoms with E-state index in [1.165, 1.54) is 0 Å². The lowest BCUT2D eigenvalue weighted by Crippen LogP contribution is -2.21. The average Bonchev–Trinajstić information content (AvgIpc) is 3.49. The molecule has 190 valence electrons. The van der Waals surface area contributed by atoms with Gasteiger partial charge in [-0.15, -0.1) is 34.0 Å². The summed E-state index contributed by atoms with van der Waals surface area (Å²) in [7, 11) is 0. The van der Waals surface area contributed by atoms with Crippen LogP contribution in [0.15, 0.2) is 10.8 Å². The SMILES string of the molecule is FC(F)(F)COc1c(-c2scc3c2OCCO3)sc(-c2scc3c2OCCO3)c1OCC(F)(F)F. The lowest BCUT2D eigenvalue weighted by Gasteiger charge is -2.17. The summed E-state index contributed by atoms with van der Waals surface area (Å²) >= 11 is 3.13. The van der Waals surface area contributed by atoms with E-state index in [4.69, 9.17) is 28.4 Å². The first-order chi connectivity index (χ1) is 16.6. The topological polar surface area (TPSA) is 55.4 Å². The van der Waals surface area contributed by atoms with Crippen LogP contribution in [-0.4, -0.2) is 52.0 Å². The number of alkyl halides is 6. The maximum absolute atomic E-state index is 13.1. The van der Waals surface area contributed by atoms with Crippen LogP contribution in [0.5, 0.6) is 34.5 Å². The van der Waals surface area contributed by atoms with Crippen LogP contribution in [0.4, 0.5) is 26.3 Å². The first-order valence-electron chi connectivity index (χ1n) is 9.91. The molecule has 0 unspecified atom stereocenters. The first kappa shape index (κ1) is 24.2. The van der Waals surface area contributed by atoms with Crippen molar-refractivity contribution in [3.8, 4) is 54.0 Å². The molecule has 0 N–H and O–H groups in total. The molecule has 5 heterocycles. The zero-order chi connectivity index (χ0) is 24.8. The molecule has 0 radical (unpaired) electrons. The second kappa shape index (κ2) is 9.17. The number of ether oxygens (including phenoxy) is 6. The van der Waals surface area contributed by atoms with Crippen LogP contribution in [0.3, 0.4) is 0 Å². The van der Waals surface area contributed by atoms with Crippen molar-refractivity contribution in [1.29, 1.82) is 0 Å². The first-order valence-corrected chi connectivity index (χ1v) is 12.5. The quantitative estimate of drug-likeness (QED) is 0.316. The van der Waals surface area contributed by atoms with Crippen molar-refractivity contribution in [3.63, 3.8) is 0 Å². The molecule has 0 saturated heterocycles. The van der Waals surface area contributed by atoms with Crippen LogP contribution in [0.1, 0.15) is 0 Å². The Hall–Kier alpha value is -2.52. The fourth-order valence-electron chi connectivity index (χ4n) is 3.31. The second-order valence-corrected chi connectivity index (χ2v) is 9.92. The highest BCUT2D eigenvalue weighted by Crippen LogP contribution is 2.61. The summed E-state index contributed by atoms with van der Waals surface area (Å²) in [6.45, 7) is -2.48. The van der Waals surface area contributed by atoms with Crippen molar-refractivity contribution in [2.24, 2.45) is 0 Å². The molecule has 2 aliphatic rings. The van der Waals surface area contributed by atoms with Gasteiger partial charge in [0, 0.05) is 10.8 Å². The molecular weight excluding hydrogens is 546 g/mol. The molecule has 0 aliphatic carbocycles. The van der Waals surface area contributed by atoms with Crippen molar-refractivity contribution in [2.45, 2.75) is 12.4 Å². The van der Waals surface area contributed by atoms with Gasteiger partial charge in [-0.25, -0.2) is 0 Å². The summed E-state index contributed by atoms with van der Waals surface area (Å²) in [5, 5.41) is 3.22. The number of thiophene rings is 3. The van der Waals surface area contributed by atoms with E-state index in [1.807, 2.05) is 0 Å². The molecule has 0 bridgehead atoms.